The molecular weight excluding hydrogens is 216 g/mol. The van der Waals surface area contributed by atoms with Crippen LogP contribution in [0, 0.1) is 12.3 Å². The number of hydrogen-bond donors (Lipinski definition) is 1. The largest absolute Gasteiger partial charge is 0.313 e. The van der Waals surface area contributed by atoms with Gasteiger partial charge in [0.1, 0.15) is 0 Å². The predicted octanol–water partition coefficient (Wildman–Crippen LogP) is 3.16. The second-order valence-electron chi connectivity index (χ2n) is 5.50. The van der Waals surface area contributed by atoms with Crippen molar-refractivity contribution in [2.24, 2.45) is 5.41 Å². The first-order valence-corrected chi connectivity index (χ1v) is 7.04. The summed E-state index contributed by atoms with van der Waals surface area (Å²) in [6.07, 6.45) is 7.12. The monoisotopic (exact) mass is 238 g/mol. The third-order valence-electron chi connectivity index (χ3n) is 3.66. The molecule has 2 nitrogen and oxygen atoms in total. The van der Waals surface area contributed by atoms with Crippen molar-refractivity contribution in [1.82, 2.24) is 10.3 Å². The van der Waals surface area contributed by atoms with Crippen LogP contribution < -0.4 is 5.32 Å². The van der Waals surface area contributed by atoms with Crippen molar-refractivity contribution in [2.75, 3.05) is 6.54 Å². The summed E-state index contributed by atoms with van der Waals surface area (Å²) in [7, 11) is 0. The van der Waals surface area contributed by atoms with Crippen LogP contribution in [0.1, 0.15) is 43.0 Å². The number of thiazole rings is 1. The van der Waals surface area contributed by atoms with Crippen molar-refractivity contribution in [2.45, 2.75) is 52.5 Å². The first-order valence-electron chi connectivity index (χ1n) is 6.22. The van der Waals surface area contributed by atoms with E-state index in [4.69, 9.17) is 0 Å². The third-order valence-corrected chi connectivity index (χ3v) is 4.63. The van der Waals surface area contributed by atoms with Gasteiger partial charge < -0.3 is 5.32 Å². The van der Waals surface area contributed by atoms with Gasteiger partial charge in [-0.15, -0.1) is 11.3 Å². The van der Waals surface area contributed by atoms with E-state index < -0.39 is 0 Å². The molecule has 0 spiro atoms. The summed E-state index contributed by atoms with van der Waals surface area (Å²) in [5, 5.41) is 4.96. The average molecular weight is 238 g/mol. The molecular formula is C13H22N2S. The van der Waals surface area contributed by atoms with Crippen LogP contribution in [-0.4, -0.2) is 17.6 Å². The Bertz CT molecular complexity index is 343. The minimum Gasteiger partial charge on any atom is -0.313 e. The highest BCUT2D eigenvalue weighted by Gasteiger charge is 2.33. The Morgan fingerprint density at radius 2 is 2.38 bits per heavy atom. The topological polar surface area (TPSA) is 24.9 Å². The van der Waals surface area contributed by atoms with Crippen LogP contribution >= 0.6 is 11.3 Å². The molecule has 1 atom stereocenters. The van der Waals surface area contributed by atoms with Gasteiger partial charge in [0.25, 0.3) is 0 Å². The van der Waals surface area contributed by atoms with Crippen molar-refractivity contribution in [1.29, 1.82) is 0 Å². The highest BCUT2D eigenvalue weighted by Crippen LogP contribution is 2.37. The Kier molecular flexibility index (Phi) is 3.65. The van der Waals surface area contributed by atoms with Crippen LogP contribution in [0.5, 0.6) is 0 Å². The van der Waals surface area contributed by atoms with E-state index in [1.807, 2.05) is 17.5 Å². The highest BCUT2D eigenvalue weighted by molar-refractivity contribution is 7.11. The van der Waals surface area contributed by atoms with Crippen molar-refractivity contribution in [3.63, 3.8) is 0 Å². The Morgan fingerprint density at radius 3 is 2.94 bits per heavy atom. The number of hydrogen-bond acceptors (Lipinski definition) is 3. The van der Waals surface area contributed by atoms with E-state index in [1.54, 1.807) is 0 Å². The molecule has 1 N–H and O–H groups in total. The zero-order valence-electron chi connectivity index (χ0n) is 10.5. The van der Waals surface area contributed by atoms with Crippen molar-refractivity contribution >= 4 is 11.3 Å². The SMILES string of the molecule is Cc1cnc(CCNC2CCCC2(C)C)s1. The molecule has 0 saturated heterocycles. The molecule has 90 valence electrons. The predicted molar refractivity (Wildman–Crippen MR) is 70.0 cm³/mol. The summed E-state index contributed by atoms with van der Waals surface area (Å²) in [4.78, 5) is 5.71. The van der Waals surface area contributed by atoms with Gasteiger partial charge in [0.05, 0.1) is 5.01 Å². The van der Waals surface area contributed by atoms with Gasteiger partial charge in [0, 0.05) is 30.1 Å². The zero-order chi connectivity index (χ0) is 11.6. The quantitative estimate of drug-likeness (QED) is 0.871. The molecule has 0 bridgehead atoms. The van der Waals surface area contributed by atoms with Gasteiger partial charge in [-0.3, -0.25) is 0 Å². The maximum absolute atomic E-state index is 4.39. The average Bonchev–Trinajstić information content (AvgIpc) is 2.74. The van der Waals surface area contributed by atoms with Gasteiger partial charge in [-0.05, 0) is 25.2 Å². The summed E-state index contributed by atoms with van der Waals surface area (Å²) in [6, 6.07) is 0.702. The molecule has 0 amide bonds. The molecule has 16 heavy (non-hydrogen) atoms. The molecule has 2 rings (SSSR count). The van der Waals surface area contributed by atoms with Crippen LogP contribution in [0.15, 0.2) is 6.20 Å². The zero-order valence-corrected chi connectivity index (χ0v) is 11.4. The van der Waals surface area contributed by atoms with Crippen LogP contribution in [0.2, 0.25) is 0 Å². The smallest absolute Gasteiger partial charge is 0.0940 e. The number of nitrogens with zero attached hydrogens (tertiary/aromatic N) is 1. The van der Waals surface area contributed by atoms with Gasteiger partial charge in [-0.1, -0.05) is 20.3 Å². The minimum absolute atomic E-state index is 0.485. The van der Waals surface area contributed by atoms with E-state index in [2.05, 4.69) is 31.1 Å². The lowest BCUT2D eigenvalue weighted by Gasteiger charge is -2.27. The lowest BCUT2D eigenvalue weighted by atomic mass is 9.87. The van der Waals surface area contributed by atoms with E-state index >= 15 is 0 Å². The van der Waals surface area contributed by atoms with Crippen LogP contribution in [0.4, 0.5) is 0 Å². The van der Waals surface area contributed by atoms with Crippen LogP contribution in [0.25, 0.3) is 0 Å². The Balaban J connectivity index is 1.76. The summed E-state index contributed by atoms with van der Waals surface area (Å²) in [5.74, 6) is 0. The second kappa shape index (κ2) is 4.84. The van der Waals surface area contributed by atoms with E-state index in [9.17, 15) is 0 Å². The van der Waals surface area contributed by atoms with E-state index in [-0.39, 0.29) is 0 Å². The molecule has 1 aromatic heterocycles. The molecule has 0 aliphatic heterocycles. The summed E-state index contributed by atoms with van der Waals surface area (Å²) in [6.45, 7) is 7.95. The van der Waals surface area contributed by atoms with Crippen molar-refractivity contribution in [3.05, 3.63) is 16.1 Å². The lowest BCUT2D eigenvalue weighted by molar-refractivity contribution is 0.285. The van der Waals surface area contributed by atoms with Crippen molar-refractivity contribution in [3.8, 4) is 0 Å². The summed E-state index contributed by atoms with van der Waals surface area (Å²) in [5.41, 5.74) is 0.485. The third kappa shape index (κ3) is 2.83. The molecule has 1 fully saturated rings. The summed E-state index contributed by atoms with van der Waals surface area (Å²) >= 11 is 1.82. The molecule has 1 aliphatic rings. The fourth-order valence-corrected chi connectivity index (χ4v) is 3.36. The van der Waals surface area contributed by atoms with E-state index in [0.29, 0.717) is 11.5 Å². The van der Waals surface area contributed by atoms with E-state index in [1.165, 1.54) is 29.1 Å². The summed E-state index contributed by atoms with van der Waals surface area (Å²) < 4.78 is 0. The molecule has 1 aromatic rings. The van der Waals surface area contributed by atoms with Gasteiger partial charge in [0.2, 0.25) is 0 Å². The van der Waals surface area contributed by atoms with Crippen LogP contribution in [0.3, 0.4) is 0 Å². The first-order chi connectivity index (χ1) is 7.58. The minimum atomic E-state index is 0.485. The van der Waals surface area contributed by atoms with Crippen molar-refractivity contribution < 1.29 is 0 Å². The van der Waals surface area contributed by atoms with E-state index in [0.717, 1.165) is 13.0 Å². The lowest BCUT2D eigenvalue weighted by Crippen LogP contribution is -2.38. The molecule has 1 unspecified atom stereocenters. The fraction of sp³-hybridized carbons (Fsp3) is 0.769. The maximum Gasteiger partial charge on any atom is 0.0940 e. The normalized spacial score (nSPS) is 23.8. The van der Waals surface area contributed by atoms with Crippen LogP contribution in [-0.2, 0) is 6.42 Å². The first kappa shape index (κ1) is 12.1. The number of nitrogens with one attached hydrogen (secondary N) is 1. The number of rotatable bonds is 4. The Morgan fingerprint density at radius 1 is 1.56 bits per heavy atom. The Hall–Kier alpha value is -0.410. The molecule has 1 aliphatic carbocycles. The molecule has 0 radical (unpaired) electrons. The number of aryl methyl sites for hydroxylation is 1. The standard InChI is InChI=1S/C13H22N2S/c1-10-9-15-12(16-10)6-8-14-11-5-4-7-13(11,2)3/h9,11,14H,4-8H2,1-3H3. The Labute approximate surface area is 102 Å². The molecule has 0 aromatic carbocycles. The van der Waals surface area contributed by atoms with Gasteiger partial charge >= 0.3 is 0 Å². The second-order valence-corrected chi connectivity index (χ2v) is 6.82. The maximum atomic E-state index is 4.39. The van der Waals surface area contributed by atoms with Gasteiger partial charge in [-0.2, -0.15) is 0 Å². The molecule has 1 saturated carbocycles. The molecule has 3 heteroatoms. The fourth-order valence-electron chi connectivity index (χ4n) is 2.58. The van der Waals surface area contributed by atoms with Gasteiger partial charge in [-0.25, -0.2) is 4.98 Å². The molecule has 1 heterocycles. The highest BCUT2D eigenvalue weighted by atomic mass is 32.1. The number of aromatic nitrogens is 1. The van der Waals surface area contributed by atoms with Gasteiger partial charge in [0.15, 0.2) is 0 Å².